The van der Waals surface area contributed by atoms with Crippen molar-refractivity contribution in [2.45, 2.75) is 44.7 Å². The Morgan fingerprint density at radius 2 is 1.82 bits per heavy atom. The molecule has 0 aromatic carbocycles. The van der Waals surface area contributed by atoms with Gasteiger partial charge in [0.05, 0.1) is 0 Å². The van der Waals surface area contributed by atoms with E-state index >= 15 is 0 Å². The highest BCUT2D eigenvalue weighted by atomic mass is 16.7. The van der Waals surface area contributed by atoms with Crippen LogP contribution in [0, 0.1) is 0 Å². The molecule has 1 aliphatic heterocycles. The van der Waals surface area contributed by atoms with Crippen molar-refractivity contribution in [1.29, 1.82) is 0 Å². The van der Waals surface area contributed by atoms with Gasteiger partial charge in [-0.05, 0) is 6.08 Å². The molecule has 22 heavy (non-hydrogen) atoms. The number of hydrogen-bond acceptors (Lipinski definition) is 8. The summed E-state index contributed by atoms with van der Waals surface area (Å²) < 4.78 is 20.5. The summed E-state index contributed by atoms with van der Waals surface area (Å²) in [5.41, 5.74) is -0.690. The summed E-state index contributed by atoms with van der Waals surface area (Å²) in [5, 5.41) is 10.2. The standard InChI is InChI=1S/C14H18O8/c1-7(15)19-5-10-4-11(18)14(6-20-8(2)16)13(22-14)12(10)21-9(3)17/h4,11-13,18H,5-6H2,1-3H3/t11-,12+,13-,14+/m0/s1. The van der Waals surface area contributed by atoms with Gasteiger partial charge in [0.2, 0.25) is 0 Å². The Hall–Kier alpha value is -1.93. The number of ether oxygens (including phenoxy) is 4. The molecule has 1 saturated heterocycles. The normalized spacial score (nSPS) is 32.4. The van der Waals surface area contributed by atoms with E-state index < -0.39 is 41.8 Å². The third-order valence-electron chi connectivity index (χ3n) is 3.52. The highest BCUT2D eigenvalue weighted by molar-refractivity contribution is 5.68. The van der Waals surface area contributed by atoms with Gasteiger partial charge in [-0.15, -0.1) is 0 Å². The minimum Gasteiger partial charge on any atom is -0.463 e. The lowest BCUT2D eigenvalue weighted by molar-refractivity contribution is -0.148. The van der Waals surface area contributed by atoms with E-state index in [1.54, 1.807) is 0 Å². The van der Waals surface area contributed by atoms with Gasteiger partial charge in [-0.25, -0.2) is 0 Å². The van der Waals surface area contributed by atoms with E-state index in [-0.39, 0.29) is 13.2 Å². The molecule has 2 rings (SSSR count). The number of epoxide rings is 1. The Bertz CT molecular complexity index is 525. The molecule has 8 nitrogen and oxygen atoms in total. The second-order valence-corrected chi connectivity index (χ2v) is 5.27. The molecule has 1 heterocycles. The van der Waals surface area contributed by atoms with E-state index in [1.165, 1.54) is 26.8 Å². The number of aliphatic hydroxyl groups excluding tert-OH is 1. The van der Waals surface area contributed by atoms with Crippen LogP contribution in [0.5, 0.6) is 0 Å². The Labute approximate surface area is 127 Å². The van der Waals surface area contributed by atoms with Crippen molar-refractivity contribution in [3.8, 4) is 0 Å². The SMILES string of the molecule is CC(=O)OCC1=C[C@H](O)[C@@]2(COC(C)=O)O[C@H]2[C@@H]1OC(C)=O. The average Bonchev–Trinajstić information content (AvgIpc) is 3.14. The molecule has 1 N–H and O–H groups in total. The molecule has 0 bridgehead atoms. The Morgan fingerprint density at radius 3 is 2.36 bits per heavy atom. The summed E-state index contributed by atoms with van der Waals surface area (Å²) in [6.07, 6.45) is -1.10. The number of esters is 3. The van der Waals surface area contributed by atoms with Gasteiger partial charge in [0.25, 0.3) is 0 Å². The maximum absolute atomic E-state index is 11.3. The van der Waals surface area contributed by atoms with Crippen molar-refractivity contribution in [2.24, 2.45) is 0 Å². The zero-order chi connectivity index (χ0) is 16.5. The third kappa shape index (κ3) is 3.28. The highest BCUT2D eigenvalue weighted by Gasteiger charge is 2.68. The summed E-state index contributed by atoms with van der Waals surface area (Å²) in [6.45, 7) is 3.47. The van der Waals surface area contributed by atoms with Crippen molar-refractivity contribution in [2.75, 3.05) is 13.2 Å². The van der Waals surface area contributed by atoms with Gasteiger partial charge in [-0.2, -0.15) is 0 Å². The summed E-state index contributed by atoms with van der Waals surface area (Å²) >= 11 is 0. The topological polar surface area (TPSA) is 112 Å². The molecule has 2 aliphatic rings. The Morgan fingerprint density at radius 1 is 1.18 bits per heavy atom. The van der Waals surface area contributed by atoms with Gasteiger partial charge in [-0.1, -0.05) is 0 Å². The molecular formula is C14H18O8. The molecule has 0 aromatic rings. The fourth-order valence-electron chi connectivity index (χ4n) is 2.44. The monoisotopic (exact) mass is 314 g/mol. The van der Waals surface area contributed by atoms with Crippen molar-refractivity contribution < 1.29 is 38.4 Å². The average molecular weight is 314 g/mol. The van der Waals surface area contributed by atoms with Gasteiger partial charge in [0.1, 0.15) is 25.4 Å². The fraction of sp³-hybridized carbons (Fsp3) is 0.643. The molecule has 1 aliphatic carbocycles. The Kier molecular flexibility index (Phi) is 4.52. The molecular weight excluding hydrogens is 296 g/mol. The van der Waals surface area contributed by atoms with Crippen molar-refractivity contribution in [3.05, 3.63) is 11.6 Å². The number of carbonyl (C=O) groups excluding carboxylic acids is 3. The lowest BCUT2D eigenvalue weighted by Crippen LogP contribution is -2.45. The minimum atomic E-state index is -1.12. The maximum atomic E-state index is 11.3. The van der Waals surface area contributed by atoms with E-state index in [9.17, 15) is 19.5 Å². The lowest BCUT2D eigenvalue weighted by Gasteiger charge is -2.28. The summed E-state index contributed by atoms with van der Waals surface area (Å²) in [5.74, 6) is -1.54. The van der Waals surface area contributed by atoms with Crippen LogP contribution >= 0.6 is 0 Å². The van der Waals surface area contributed by atoms with Crippen molar-refractivity contribution in [1.82, 2.24) is 0 Å². The largest absolute Gasteiger partial charge is 0.463 e. The number of rotatable bonds is 5. The zero-order valence-corrected chi connectivity index (χ0v) is 12.5. The van der Waals surface area contributed by atoms with Crippen LogP contribution in [0.2, 0.25) is 0 Å². The number of aliphatic hydroxyl groups is 1. The van der Waals surface area contributed by atoms with Crippen molar-refractivity contribution in [3.63, 3.8) is 0 Å². The zero-order valence-electron chi connectivity index (χ0n) is 12.5. The second-order valence-electron chi connectivity index (χ2n) is 5.27. The second kappa shape index (κ2) is 6.05. The van der Waals surface area contributed by atoms with E-state index in [2.05, 4.69) is 0 Å². The molecule has 4 atom stereocenters. The van der Waals surface area contributed by atoms with Gasteiger partial charge < -0.3 is 24.1 Å². The minimum absolute atomic E-state index is 0.117. The van der Waals surface area contributed by atoms with Crippen LogP contribution in [0.15, 0.2) is 11.6 Å². The number of fused-ring (bicyclic) bond motifs is 1. The van der Waals surface area contributed by atoms with Crippen LogP contribution in [-0.2, 0) is 33.3 Å². The quantitative estimate of drug-likeness (QED) is 0.312. The maximum Gasteiger partial charge on any atom is 0.303 e. The van der Waals surface area contributed by atoms with Gasteiger partial charge >= 0.3 is 17.9 Å². The van der Waals surface area contributed by atoms with Gasteiger partial charge in [0.15, 0.2) is 11.7 Å². The van der Waals surface area contributed by atoms with E-state index in [1.807, 2.05) is 0 Å². The first kappa shape index (κ1) is 16.4. The van der Waals surface area contributed by atoms with Gasteiger partial charge in [-0.3, -0.25) is 14.4 Å². The first-order valence-corrected chi connectivity index (χ1v) is 6.76. The van der Waals surface area contributed by atoms with Crippen LogP contribution in [0.4, 0.5) is 0 Å². The van der Waals surface area contributed by atoms with E-state index in [0.717, 1.165) is 0 Å². The molecule has 0 saturated carbocycles. The summed E-state index contributed by atoms with van der Waals surface area (Å²) in [4.78, 5) is 33.1. The molecule has 122 valence electrons. The van der Waals surface area contributed by atoms with Crippen molar-refractivity contribution >= 4 is 17.9 Å². The molecule has 1 fully saturated rings. The summed E-state index contributed by atoms with van der Waals surface area (Å²) in [6, 6.07) is 0. The number of hydrogen-bond donors (Lipinski definition) is 1. The molecule has 0 aromatic heterocycles. The molecule has 0 radical (unpaired) electrons. The third-order valence-corrected chi connectivity index (χ3v) is 3.52. The predicted molar refractivity (Wildman–Crippen MR) is 70.5 cm³/mol. The van der Waals surface area contributed by atoms with Crippen LogP contribution in [0.1, 0.15) is 20.8 Å². The van der Waals surface area contributed by atoms with Crippen LogP contribution in [-0.4, -0.2) is 60.1 Å². The molecule has 8 heteroatoms. The molecule has 0 unspecified atom stereocenters. The molecule has 0 amide bonds. The van der Waals surface area contributed by atoms with Crippen LogP contribution < -0.4 is 0 Å². The first-order chi connectivity index (χ1) is 10.3. The summed E-state index contributed by atoms with van der Waals surface area (Å²) in [7, 11) is 0. The fourth-order valence-corrected chi connectivity index (χ4v) is 2.44. The highest BCUT2D eigenvalue weighted by Crippen LogP contribution is 2.48. The smallest absolute Gasteiger partial charge is 0.303 e. The Balaban J connectivity index is 2.16. The number of carbonyl (C=O) groups is 3. The van der Waals surface area contributed by atoms with Crippen LogP contribution in [0.3, 0.4) is 0 Å². The predicted octanol–water partition coefficient (Wildman–Crippen LogP) is -0.517. The lowest BCUT2D eigenvalue weighted by atomic mass is 9.85. The molecule has 0 spiro atoms. The van der Waals surface area contributed by atoms with Crippen LogP contribution in [0.25, 0.3) is 0 Å². The van der Waals surface area contributed by atoms with E-state index in [0.29, 0.717) is 5.57 Å². The van der Waals surface area contributed by atoms with Gasteiger partial charge in [0, 0.05) is 26.3 Å². The van der Waals surface area contributed by atoms with E-state index in [4.69, 9.17) is 18.9 Å². The first-order valence-electron chi connectivity index (χ1n) is 6.76.